The molecule has 1 aliphatic carbocycles. The van der Waals surface area contributed by atoms with E-state index in [1.807, 2.05) is 114 Å². The van der Waals surface area contributed by atoms with Crippen LogP contribution in [0.15, 0.2) is 121 Å². The first-order valence-electron chi connectivity index (χ1n) is 13.8. The fourth-order valence-corrected chi connectivity index (χ4v) is 8.45. The Balaban J connectivity index is 1.36. The molecule has 6 rings (SSSR count). The van der Waals surface area contributed by atoms with E-state index in [-0.39, 0.29) is 38.5 Å². The first kappa shape index (κ1) is 26.8. The van der Waals surface area contributed by atoms with Crippen molar-refractivity contribution in [3.05, 3.63) is 138 Å². The quantitative estimate of drug-likeness (QED) is 0.283. The van der Waals surface area contributed by atoms with Crippen LogP contribution in [0.25, 0.3) is 0 Å². The Bertz CT molecular complexity index is 1370. The molecule has 5 nitrogen and oxygen atoms in total. The molecule has 204 valence electrons. The third kappa shape index (κ3) is 5.72. The van der Waals surface area contributed by atoms with E-state index in [2.05, 4.69) is 12.1 Å². The second kappa shape index (κ2) is 12.4. The van der Waals surface area contributed by atoms with Crippen LogP contribution in [0.2, 0.25) is 4.82 Å². The van der Waals surface area contributed by atoms with Crippen molar-refractivity contribution in [1.82, 2.24) is 4.90 Å². The van der Waals surface area contributed by atoms with Crippen molar-refractivity contribution in [2.24, 2.45) is 0 Å². The first-order valence-corrected chi connectivity index (χ1v) is 15.7. The third-order valence-electron chi connectivity index (χ3n) is 7.81. The summed E-state index contributed by atoms with van der Waals surface area (Å²) in [7, 11) is 0. The van der Waals surface area contributed by atoms with Crippen molar-refractivity contribution >= 4 is 25.5 Å². The van der Waals surface area contributed by atoms with E-state index in [0.717, 1.165) is 29.5 Å². The summed E-state index contributed by atoms with van der Waals surface area (Å²) in [5.41, 5.74) is 2.89. The number of carbonyl (C=O) groups excluding carboxylic acids is 1. The van der Waals surface area contributed by atoms with E-state index < -0.39 is 24.4 Å². The van der Waals surface area contributed by atoms with Gasteiger partial charge in [0.05, 0.1) is 0 Å². The predicted molar refractivity (Wildman–Crippen MR) is 156 cm³/mol. The fraction of sp³-hybridized carbons (Fsp3) is 0.265. The number of rotatable bonds is 6. The molecule has 2 aliphatic rings. The Morgan fingerprint density at radius 2 is 1.38 bits per heavy atom. The number of benzene rings is 4. The molecule has 2 fully saturated rings. The molecular formula is C34H33NO4Se. The van der Waals surface area contributed by atoms with Gasteiger partial charge >= 0.3 is 242 Å². The monoisotopic (exact) mass is 599 g/mol. The van der Waals surface area contributed by atoms with E-state index >= 15 is 0 Å². The van der Waals surface area contributed by atoms with Crippen LogP contribution in [0.5, 0.6) is 0 Å². The molecule has 4 aromatic carbocycles. The molecule has 1 saturated heterocycles. The summed E-state index contributed by atoms with van der Waals surface area (Å²) in [6.07, 6.45) is -0.472. The third-order valence-corrected chi connectivity index (χ3v) is 10.7. The average molecular weight is 599 g/mol. The zero-order valence-corrected chi connectivity index (χ0v) is 23.9. The number of nitrogens with zero attached hydrogens (tertiary/aromatic N) is 1. The summed E-state index contributed by atoms with van der Waals surface area (Å²) in [5.74, 6) is 0. The van der Waals surface area contributed by atoms with Crippen molar-refractivity contribution in [3.8, 4) is 0 Å². The molecule has 0 aromatic heterocycles. The normalized spacial score (nSPS) is 26.1. The van der Waals surface area contributed by atoms with E-state index in [0.29, 0.717) is 0 Å². The SMILES string of the molecule is O=C(OCc1ccccc1)N1[C@H]2CC[C@@H]([Se]c3ccccc3)[C@H](O)[C@H]2O[C@@H](c2ccccc2)[C@@H]1c1ccccc1. The van der Waals surface area contributed by atoms with Crippen molar-refractivity contribution in [2.45, 2.75) is 54.7 Å². The van der Waals surface area contributed by atoms with Crippen LogP contribution < -0.4 is 4.46 Å². The van der Waals surface area contributed by atoms with Gasteiger partial charge in [0.2, 0.25) is 0 Å². The second-order valence-electron chi connectivity index (χ2n) is 10.3. The van der Waals surface area contributed by atoms with Crippen LogP contribution in [0.3, 0.4) is 0 Å². The Morgan fingerprint density at radius 1 is 0.800 bits per heavy atom. The minimum absolute atomic E-state index is 0.0895. The molecule has 1 heterocycles. The number of aliphatic hydroxyl groups is 1. The molecule has 1 saturated carbocycles. The molecular weight excluding hydrogens is 565 g/mol. The summed E-state index contributed by atoms with van der Waals surface area (Å²) >= 11 is 0.0895. The predicted octanol–water partition coefficient (Wildman–Crippen LogP) is 5.85. The number of morpholine rings is 1. The van der Waals surface area contributed by atoms with Gasteiger partial charge in [-0.25, -0.2) is 0 Å². The van der Waals surface area contributed by atoms with E-state index in [1.165, 1.54) is 4.46 Å². The zero-order chi connectivity index (χ0) is 27.3. The number of aliphatic hydroxyl groups excluding tert-OH is 1. The van der Waals surface area contributed by atoms with Crippen LogP contribution in [0, 0.1) is 0 Å². The van der Waals surface area contributed by atoms with Crippen LogP contribution >= 0.6 is 0 Å². The molecule has 1 amide bonds. The number of ether oxygens (including phenoxy) is 2. The average Bonchev–Trinajstić information content (AvgIpc) is 3.02. The van der Waals surface area contributed by atoms with E-state index in [4.69, 9.17) is 9.47 Å². The summed E-state index contributed by atoms with van der Waals surface area (Å²) in [6, 6.07) is 39.5. The number of carbonyl (C=O) groups is 1. The van der Waals surface area contributed by atoms with Gasteiger partial charge in [-0.05, 0) is 0 Å². The van der Waals surface area contributed by atoms with Crippen molar-refractivity contribution in [1.29, 1.82) is 0 Å². The Morgan fingerprint density at radius 3 is 2.02 bits per heavy atom. The zero-order valence-electron chi connectivity index (χ0n) is 22.2. The molecule has 1 N–H and O–H groups in total. The van der Waals surface area contributed by atoms with Gasteiger partial charge in [0.1, 0.15) is 0 Å². The van der Waals surface area contributed by atoms with E-state index in [9.17, 15) is 9.90 Å². The van der Waals surface area contributed by atoms with Crippen molar-refractivity contribution in [2.75, 3.05) is 0 Å². The van der Waals surface area contributed by atoms with Gasteiger partial charge in [-0.2, -0.15) is 0 Å². The standard InChI is InChI=1S/C34H33NO4Se/c36-31-29(40-27-19-11-4-12-20-27)22-21-28-33(31)39-32(26-17-9-3-10-18-26)30(25-15-7-2-8-16-25)35(28)34(37)38-23-24-13-5-1-6-14-24/h1-20,28-33,36H,21-23H2/t28-,29+,30-,31-,32-,33-/m0/s1. The van der Waals surface area contributed by atoms with Crippen molar-refractivity contribution < 1.29 is 19.4 Å². The maximum atomic E-state index is 14.0. The van der Waals surface area contributed by atoms with Gasteiger partial charge in [-0.1, -0.05) is 0 Å². The Kier molecular flexibility index (Phi) is 8.31. The Labute approximate surface area is 241 Å². The molecule has 1 aliphatic heterocycles. The molecule has 0 bridgehead atoms. The molecule has 6 atom stereocenters. The maximum absolute atomic E-state index is 14.0. The first-order chi connectivity index (χ1) is 19.7. The molecule has 6 heteroatoms. The van der Waals surface area contributed by atoms with Crippen LogP contribution in [-0.4, -0.2) is 49.3 Å². The molecule has 40 heavy (non-hydrogen) atoms. The molecule has 0 spiro atoms. The van der Waals surface area contributed by atoms with Crippen LogP contribution in [0.4, 0.5) is 4.79 Å². The topological polar surface area (TPSA) is 59.0 Å². The van der Waals surface area contributed by atoms with Gasteiger partial charge in [0.25, 0.3) is 0 Å². The fourth-order valence-electron chi connectivity index (χ4n) is 5.91. The van der Waals surface area contributed by atoms with Gasteiger partial charge in [0, 0.05) is 0 Å². The number of fused-ring (bicyclic) bond motifs is 1. The van der Waals surface area contributed by atoms with Gasteiger partial charge < -0.3 is 0 Å². The number of hydrogen-bond donors (Lipinski definition) is 1. The van der Waals surface area contributed by atoms with Gasteiger partial charge in [0.15, 0.2) is 0 Å². The van der Waals surface area contributed by atoms with Gasteiger partial charge in [-0.3, -0.25) is 0 Å². The second-order valence-corrected chi connectivity index (χ2v) is 13.1. The van der Waals surface area contributed by atoms with Crippen LogP contribution in [0.1, 0.15) is 41.7 Å². The summed E-state index contributed by atoms with van der Waals surface area (Å²) in [4.78, 5) is 16.0. The number of amides is 1. The summed E-state index contributed by atoms with van der Waals surface area (Å²) in [6.45, 7) is 0.189. The van der Waals surface area contributed by atoms with E-state index in [1.54, 1.807) is 0 Å². The molecule has 4 aromatic rings. The minimum atomic E-state index is -0.689. The summed E-state index contributed by atoms with van der Waals surface area (Å²) in [5, 5.41) is 11.8. The molecule has 0 unspecified atom stereocenters. The van der Waals surface area contributed by atoms with Gasteiger partial charge in [-0.15, -0.1) is 0 Å². The number of hydrogen-bond acceptors (Lipinski definition) is 4. The Hall–Kier alpha value is -3.41. The van der Waals surface area contributed by atoms with Crippen LogP contribution in [-0.2, 0) is 16.1 Å². The summed E-state index contributed by atoms with van der Waals surface area (Å²) < 4.78 is 14.1. The molecule has 0 radical (unpaired) electrons. The van der Waals surface area contributed by atoms with Crippen molar-refractivity contribution in [3.63, 3.8) is 0 Å².